The third kappa shape index (κ3) is 1.79. The van der Waals surface area contributed by atoms with Gasteiger partial charge in [-0.05, 0) is 38.7 Å². The molecule has 13 heavy (non-hydrogen) atoms. The Balaban J connectivity index is 2.15. The molecule has 72 valence electrons. The predicted molar refractivity (Wildman–Crippen MR) is 54.4 cm³/mol. The molecule has 2 aliphatic rings. The molecule has 1 heteroatoms. The average molecular weight is 178 g/mol. The van der Waals surface area contributed by atoms with Crippen molar-refractivity contribution in [1.29, 1.82) is 0 Å². The lowest BCUT2D eigenvalue weighted by Crippen LogP contribution is -2.36. The maximum absolute atomic E-state index is 5.91. The molecule has 0 saturated heterocycles. The minimum absolute atomic E-state index is 0.133. The van der Waals surface area contributed by atoms with Gasteiger partial charge < -0.3 is 4.74 Å². The van der Waals surface area contributed by atoms with Crippen molar-refractivity contribution in [2.45, 2.75) is 51.0 Å². The highest BCUT2D eigenvalue weighted by Crippen LogP contribution is 2.40. The van der Waals surface area contributed by atoms with E-state index in [2.05, 4.69) is 19.6 Å². The molecule has 1 nitrogen and oxygen atoms in total. The summed E-state index contributed by atoms with van der Waals surface area (Å²) in [5.74, 6) is 0.866. The van der Waals surface area contributed by atoms with Crippen LogP contribution in [-0.4, -0.2) is 5.60 Å². The summed E-state index contributed by atoms with van der Waals surface area (Å²) in [4.78, 5) is 0. The predicted octanol–water partition coefficient (Wildman–Crippen LogP) is 3.57. The molecule has 0 atom stereocenters. The highest BCUT2D eigenvalue weighted by atomic mass is 16.5. The minimum atomic E-state index is 0.133. The van der Waals surface area contributed by atoms with E-state index < -0.39 is 0 Å². The molecular formula is C12H18O. The first kappa shape index (κ1) is 8.86. The van der Waals surface area contributed by atoms with Gasteiger partial charge in [-0.3, -0.25) is 0 Å². The highest BCUT2D eigenvalue weighted by Gasteiger charge is 2.36. The molecule has 1 aliphatic heterocycles. The molecule has 2 rings (SSSR count). The molecule has 0 bridgehead atoms. The summed E-state index contributed by atoms with van der Waals surface area (Å²) in [6.07, 6.45) is 9.64. The normalized spacial score (nSPS) is 26.8. The molecule has 0 unspecified atom stereocenters. The Hall–Kier alpha value is -0.720. The maximum atomic E-state index is 5.91. The van der Waals surface area contributed by atoms with Crippen LogP contribution in [0.15, 0.2) is 24.0 Å². The van der Waals surface area contributed by atoms with E-state index in [1.54, 1.807) is 0 Å². The van der Waals surface area contributed by atoms with Gasteiger partial charge in [0, 0.05) is 6.42 Å². The summed E-state index contributed by atoms with van der Waals surface area (Å²) in [5.41, 5.74) is 1.56. The number of hydrogen-bond acceptors (Lipinski definition) is 1. The first-order valence-corrected chi connectivity index (χ1v) is 5.25. The SMILES string of the molecule is C=C1C=C(C)CC2(CCCCC2)O1. The van der Waals surface area contributed by atoms with Crippen molar-refractivity contribution in [3.63, 3.8) is 0 Å². The van der Waals surface area contributed by atoms with Crippen LogP contribution < -0.4 is 0 Å². The van der Waals surface area contributed by atoms with Crippen LogP contribution in [-0.2, 0) is 4.74 Å². The van der Waals surface area contributed by atoms with Crippen molar-refractivity contribution in [2.24, 2.45) is 0 Å². The molecule has 0 aromatic rings. The molecule has 1 fully saturated rings. The number of rotatable bonds is 0. The molecule has 1 saturated carbocycles. The second kappa shape index (κ2) is 3.21. The van der Waals surface area contributed by atoms with Gasteiger partial charge in [0.2, 0.25) is 0 Å². The summed E-state index contributed by atoms with van der Waals surface area (Å²) < 4.78 is 5.91. The van der Waals surface area contributed by atoms with Crippen LogP contribution in [0.1, 0.15) is 45.4 Å². The quantitative estimate of drug-likeness (QED) is 0.551. The molecule has 0 amide bonds. The molecule has 0 aromatic heterocycles. The van der Waals surface area contributed by atoms with Gasteiger partial charge in [-0.15, -0.1) is 0 Å². The Morgan fingerprint density at radius 2 is 2.00 bits per heavy atom. The van der Waals surface area contributed by atoms with E-state index in [1.165, 1.54) is 37.7 Å². The van der Waals surface area contributed by atoms with Crippen molar-refractivity contribution in [3.05, 3.63) is 24.0 Å². The fraction of sp³-hybridized carbons (Fsp3) is 0.667. The molecule has 0 N–H and O–H groups in total. The van der Waals surface area contributed by atoms with Crippen LogP contribution in [0.5, 0.6) is 0 Å². The fourth-order valence-corrected chi connectivity index (χ4v) is 2.65. The smallest absolute Gasteiger partial charge is 0.113 e. The molecule has 1 spiro atoms. The summed E-state index contributed by atoms with van der Waals surface area (Å²) in [5, 5.41) is 0. The van der Waals surface area contributed by atoms with Crippen molar-refractivity contribution in [1.82, 2.24) is 0 Å². The van der Waals surface area contributed by atoms with Crippen LogP contribution in [0.2, 0.25) is 0 Å². The van der Waals surface area contributed by atoms with Crippen molar-refractivity contribution >= 4 is 0 Å². The summed E-state index contributed by atoms with van der Waals surface area (Å²) in [7, 11) is 0. The Morgan fingerprint density at radius 1 is 1.31 bits per heavy atom. The molecule has 0 aromatic carbocycles. The third-order valence-electron chi connectivity index (χ3n) is 3.12. The second-order valence-electron chi connectivity index (χ2n) is 4.48. The van der Waals surface area contributed by atoms with E-state index >= 15 is 0 Å². The summed E-state index contributed by atoms with van der Waals surface area (Å²) >= 11 is 0. The molecule has 1 heterocycles. The number of allylic oxidation sites excluding steroid dienone is 1. The molecule has 0 radical (unpaired) electrons. The fourth-order valence-electron chi connectivity index (χ4n) is 2.65. The number of hydrogen-bond donors (Lipinski definition) is 0. The van der Waals surface area contributed by atoms with Crippen LogP contribution in [0.25, 0.3) is 0 Å². The van der Waals surface area contributed by atoms with Crippen LogP contribution >= 0.6 is 0 Å². The Kier molecular flexibility index (Phi) is 2.19. The van der Waals surface area contributed by atoms with Gasteiger partial charge in [0.1, 0.15) is 11.4 Å². The van der Waals surface area contributed by atoms with Gasteiger partial charge >= 0.3 is 0 Å². The lowest BCUT2D eigenvalue weighted by molar-refractivity contribution is -0.0287. The zero-order valence-corrected chi connectivity index (χ0v) is 8.44. The Morgan fingerprint density at radius 3 is 2.62 bits per heavy atom. The average Bonchev–Trinajstić information content (AvgIpc) is 2.02. The summed E-state index contributed by atoms with van der Waals surface area (Å²) in [6, 6.07) is 0. The van der Waals surface area contributed by atoms with Gasteiger partial charge in [-0.1, -0.05) is 18.6 Å². The second-order valence-corrected chi connectivity index (χ2v) is 4.48. The van der Waals surface area contributed by atoms with Crippen molar-refractivity contribution < 1.29 is 4.74 Å². The highest BCUT2D eigenvalue weighted by molar-refractivity contribution is 5.21. The van der Waals surface area contributed by atoms with Gasteiger partial charge in [-0.25, -0.2) is 0 Å². The van der Waals surface area contributed by atoms with E-state index in [0.29, 0.717) is 0 Å². The van der Waals surface area contributed by atoms with Crippen molar-refractivity contribution in [2.75, 3.05) is 0 Å². The minimum Gasteiger partial charge on any atom is -0.488 e. The topological polar surface area (TPSA) is 9.23 Å². The molecule has 1 aliphatic carbocycles. The van der Waals surface area contributed by atoms with Gasteiger partial charge in [0.15, 0.2) is 0 Å². The standard InChI is InChI=1S/C12H18O/c1-10-8-11(2)13-12(9-10)6-4-3-5-7-12/h8H,2-7,9H2,1H3. The van der Waals surface area contributed by atoms with Gasteiger partial charge in [0.25, 0.3) is 0 Å². The number of ether oxygens (including phenoxy) is 1. The third-order valence-corrected chi connectivity index (χ3v) is 3.12. The van der Waals surface area contributed by atoms with Gasteiger partial charge in [0.05, 0.1) is 0 Å². The zero-order chi connectivity index (χ0) is 9.31. The van der Waals surface area contributed by atoms with E-state index in [1.807, 2.05) is 0 Å². The summed E-state index contributed by atoms with van der Waals surface area (Å²) in [6.45, 7) is 6.10. The zero-order valence-electron chi connectivity index (χ0n) is 8.44. The Labute approximate surface area is 80.5 Å². The van der Waals surface area contributed by atoms with Crippen molar-refractivity contribution in [3.8, 4) is 0 Å². The largest absolute Gasteiger partial charge is 0.488 e. The van der Waals surface area contributed by atoms with Crippen LogP contribution in [0, 0.1) is 0 Å². The first-order chi connectivity index (χ1) is 6.20. The Bertz CT molecular complexity index is 244. The van der Waals surface area contributed by atoms with Gasteiger partial charge in [-0.2, -0.15) is 0 Å². The van der Waals surface area contributed by atoms with Crippen LogP contribution in [0.4, 0.5) is 0 Å². The molecular weight excluding hydrogens is 160 g/mol. The maximum Gasteiger partial charge on any atom is 0.113 e. The monoisotopic (exact) mass is 178 g/mol. The lowest BCUT2D eigenvalue weighted by Gasteiger charge is -2.40. The first-order valence-electron chi connectivity index (χ1n) is 5.25. The van der Waals surface area contributed by atoms with E-state index in [9.17, 15) is 0 Å². The van der Waals surface area contributed by atoms with E-state index in [4.69, 9.17) is 4.74 Å². The van der Waals surface area contributed by atoms with E-state index in [-0.39, 0.29) is 5.60 Å². The van der Waals surface area contributed by atoms with Crippen LogP contribution in [0.3, 0.4) is 0 Å². The lowest BCUT2D eigenvalue weighted by atomic mass is 9.79. The van der Waals surface area contributed by atoms with E-state index in [0.717, 1.165) is 12.2 Å².